The van der Waals surface area contributed by atoms with Gasteiger partial charge in [0.05, 0.1) is 24.4 Å². The smallest absolute Gasteiger partial charge is 0.305 e. The molecule has 0 radical (unpaired) electrons. The first-order valence-corrected chi connectivity index (χ1v) is 14.0. The van der Waals surface area contributed by atoms with Gasteiger partial charge in [-0.05, 0) is 44.7 Å². The van der Waals surface area contributed by atoms with Gasteiger partial charge < -0.3 is 24.6 Å². The Kier molecular flexibility index (Phi) is 13.5. The number of carbonyl (C=O) groups is 1. The van der Waals surface area contributed by atoms with Gasteiger partial charge in [-0.25, -0.2) is 0 Å². The number of alkyl halides is 1. The zero-order valence-electron chi connectivity index (χ0n) is 20.8. The fourth-order valence-corrected chi connectivity index (χ4v) is 5.77. The number of aliphatic hydroxyl groups is 2. The number of halogens is 1. The minimum absolute atomic E-state index is 0.0429. The number of esters is 1. The van der Waals surface area contributed by atoms with E-state index < -0.39 is 12.2 Å². The van der Waals surface area contributed by atoms with E-state index in [1.54, 1.807) is 0 Å². The maximum Gasteiger partial charge on any atom is 0.305 e. The van der Waals surface area contributed by atoms with Gasteiger partial charge in [0.25, 0.3) is 0 Å². The quantitative estimate of drug-likeness (QED) is 0.132. The minimum atomic E-state index is -0.434. The van der Waals surface area contributed by atoms with E-state index >= 15 is 0 Å². The molecule has 2 rings (SSSR count). The summed E-state index contributed by atoms with van der Waals surface area (Å²) in [7, 11) is 0. The average molecular weight is 533 g/mol. The van der Waals surface area contributed by atoms with E-state index in [1.165, 1.54) is 0 Å². The predicted molar refractivity (Wildman–Crippen MR) is 135 cm³/mol. The second-order valence-electron chi connectivity index (χ2n) is 9.60. The maximum absolute atomic E-state index is 12.0. The van der Waals surface area contributed by atoms with E-state index in [0.717, 1.165) is 64.6 Å². The van der Waals surface area contributed by atoms with Crippen molar-refractivity contribution in [3.05, 3.63) is 12.2 Å². The fraction of sp³-hybridized carbons (Fsp3) is 0.885. The number of hydrogen-bond donors (Lipinski definition) is 2. The summed E-state index contributed by atoms with van der Waals surface area (Å²) >= 11 is 3.78. The largest absolute Gasteiger partial charge is 0.464 e. The first-order valence-electron chi connectivity index (χ1n) is 13.1. The van der Waals surface area contributed by atoms with E-state index in [1.807, 2.05) is 12.2 Å². The number of likely N-dealkylation sites (N-methyl/N-ethyl adjacent to an activating group) is 1. The summed E-state index contributed by atoms with van der Waals surface area (Å²) < 4.78 is 11.6. The summed E-state index contributed by atoms with van der Waals surface area (Å²) in [6.07, 6.45) is 10.9. The first-order chi connectivity index (χ1) is 15.9. The summed E-state index contributed by atoms with van der Waals surface area (Å²) in [5, 5.41) is 20.7. The molecule has 2 aliphatic rings. The highest BCUT2D eigenvalue weighted by Crippen LogP contribution is 2.46. The molecule has 33 heavy (non-hydrogen) atoms. The summed E-state index contributed by atoms with van der Waals surface area (Å²) in [4.78, 5) is 14.4. The van der Waals surface area contributed by atoms with E-state index in [9.17, 15) is 15.0 Å². The fourth-order valence-electron chi connectivity index (χ4n) is 5.10. The molecule has 0 aromatic carbocycles. The van der Waals surface area contributed by atoms with Crippen LogP contribution < -0.4 is 0 Å². The molecule has 0 aromatic heterocycles. The Morgan fingerprint density at radius 2 is 1.94 bits per heavy atom. The van der Waals surface area contributed by atoms with Crippen LogP contribution in [0.25, 0.3) is 0 Å². The lowest BCUT2D eigenvalue weighted by Crippen LogP contribution is -2.28. The molecule has 0 aromatic rings. The van der Waals surface area contributed by atoms with Crippen molar-refractivity contribution in [1.29, 1.82) is 0 Å². The molecule has 7 atom stereocenters. The number of hydrogen-bond acceptors (Lipinski definition) is 6. The average Bonchev–Trinajstić information content (AvgIpc) is 3.32. The van der Waals surface area contributed by atoms with Gasteiger partial charge in [0.15, 0.2) is 0 Å². The molecule has 2 N–H and O–H groups in total. The monoisotopic (exact) mass is 531 g/mol. The molecular weight excluding hydrogens is 486 g/mol. The third kappa shape index (κ3) is 9.60. The number of carbonyl (C=O) groups excluding carboxylic acids is 1. The van der Waals surface area contributed by atoms with Crippen LogP contribution in [0.3, 0.4) is 0 Å². The van der Waals surface area contributed by atoms with Crippen LogP contribution in [0.5, 0.6) is 0 Å². The Hall–Kier alpha value is -0.470. The molecule has 1 aliphatic heterocycles. The SMILES string of the molecule is CCCCC[C@H](O)/C=C/[C@@H]1[C@H]2CC(C(Br)CCCC(=O)OCCN(CC)CC)O[C@@H]2C[C@H]1O. The van der Waals surface area contributed by atoms with Gasteiger partial charge in [-0.3, -0.25) is 4.79 Å². The Bertz CT molecular complexity index is 585. The van der Waals surface area contributed by atoms with Gasteiger partial charge in [0.2, 0.25) is 0 Å². The molecule has 2 fully saturated rings. The Morgan fingerprint density at radius 3 is 2.64 bits per heavy atom. The van der Waals surface area contributed by atoms with Crippen LogP contribution in [0.1, 0.15) is 78.6 Å². The van der Waals surface area contributed by atoms with Gasteiger partial charge in [-0.2, -0.15) is 0 Å². The van der Waals surface area contributed by atoms with Gasteiger partial charge >= 0.3 is 5.97 Å². The van der Waals surface area contributed by atoms with Crippen molar-refractivity contribution in [2.24, 2.45) is 11.8 Å². The highest BCUT2D eigenvalue weighted by Gasteiger charge is 2.49. The normalized spacial score (nSPS) is 29.0. The molecule has 1 saturated carbocycles. The van der Waals surface area contributed by atoms with Crippen molar-refractivity contribution in [2.75, 3.05) is 26.2 Å². The Morgan fingerprint density at radius 1 is 1.18 bits per heavy atom. The summed E-state index contributed by atoms with van der Waals surface area (Å²) in [6.45, 7) is 9.56. The van der Waals surface area contributed by atoms with E-state index in [-0.39, 0.29) is 34.8 Å². The van der Waals surface area contributed by atoms with Gasteiger partial charge in [0, 0.05) is 30.1 Å². The van der Waals surface area contributed by atoms with Crippen molar-refractivity contribution in [3.63, 3.8) is 0 Å². The van der Waals surface area contributed by atoms with E-state index in [2.05, 4.69) is 41.6 Å². The standard InChI is InChI=1S/C26H46BrNO5/c1-4-7-8-10-19(29)13-14-20-21-17-25(33-24(21)18-23(20)30)22(27)11-9-12-26(31)32-16-15-28(5-2)6-3/h13-14,19-25,29-30H,4-12,15-18H2,1-3H3/b14-13+/t19-,20+,21+,22?,23+,24+,25?/m0/s1. The zero-order valence-corrected chi connectivity index (χ0v) is 22.4. The number of fused-ring (bicyclic) bond motifs is 1. The number of aliphatic hydroxyl groups excluding tert-OH is 2. The van der Waals surface area contributed by atoms with Crippen LogP contribution in [-0.4, -0.2) is 76.6 Å². The number of unbranched alkanes of at least 4 members (excludes halogenated alkanes) is 2. The van der Waals surface area contributed by atoms with Gasteiger partial charge in [-0.15, -0.1) is 0 Å². The predicted octanol–water partition coefficient (Wildman–Crippen LogP) is 4.46. The van der Waals surface area contributed by atoms with Crippen LogP contribution in [0, 0.1) is 11.8 Å². The molecular formula is C26H46BrNO5. The van der Waals surface area contributed by atoms with E-state index in [0.29, 0.717) is 19.4 Å². The molecule has 7 heteroatoms. The Balaban J connectivity index is 1.69. The van der Waals surface area contributed by atoms with Crippen LogP contribution in [-0.2, 0) is 14.3 Å². The molecule has 0 spiro atoms. The summed E-state index contributed by atoms with van der Waals surface area (Å²) in [6, 6.07) is 0. The van der Waals surface area contributed by atoms with Gasteiger partial charge in [0.1, 0.15) is 6.61 Å². The highest BCUT2D eigenvalue weighted by molar-refractivity contribution is 9.09. The second-order valence-corrected chi connectivity index (χ2v) is 10.8. The topological polar surface area (TPSA) is 79.2 Å². The molecule has 1 aliphatic carbocycles. The highest BCUT2D eigenvalue weighted by atomic mass is 79.9. The second kappa shape index (κ2) is 15.5. The molecule has 6 nitrogen and oxygen atoms in total. The third-order valence-corrected chi connectivity index (χ3v) is 8.28. The van der Waals surface area contributed by atoms with E-state index in [4.69, 9.17) is 9.47 Å². The molecule has 0 bridgehead atoms. The molecule has 1 heterocycles. The van der Waals surface area contributed by atoms with Crippen LogP contribution >= 0.6 is 15.9 Å². The zero-order chi connectivity index (χ0) is 24.2. The molecule has 192 valence electrons. The number of nitrogens with zero attached hydrogens (tertiary/aromatic N) is 1. The lowest BCUT2D eigenvalue weighted by Gasteiger charge is -2.21. The van der Waals surface area contributed by atoms with Crippen molar-refractivity contribution < 1.29 is 24.5 Å². The van der Waals surface area contributed by atoms with Gasteiger partial charge in [-0.1, -0.05) is 68.1 Å². The van der Waals surface area contributed by atoms with Crippen molar-refractivity contribution in [1.82, 2.24) is 4.90 Å². The Labute approximate surface area is 209 Å². The van der Waals surface area contributed by atoms with Crippen molar-refractivity contribution >= 4 is 21.9 Å². The summed E-state index contributed by atoms with van der Waals surface area (Å²) in [5.74, 6) is 0.201. The third-order valence-electron chi connectivity index (χ3n) is 7.23. The van der Waals surface area contributed by atoms with Crippen LogP contribution in [0.15, 0.2) is 12.2 Å². The minimum Gasteiger partial charge on any atom is -0.464 e. The lowest BCUT2D eigenvalue weighted by atomic mass is 9.89. The molecule has 0 amide bonds. The number of ether oxygens (including phenoxy) is 2. The van der Waals surface area contributed by atoms with Crippen LogP contribution in [0.4, 0.5) is 0 Å². The number of rotatable bonds is 16. The van der Waals surface area contributed by atoms with Crippen LogP contribution in [0.2, 0.25) is 0 Å². The van der Waals surface area contributed by atoms with Crippen molar-refractivity contribution in [3.8, 4) is 0 Å². The van der Waals surface area contributed by atoms with Crippen molar-refractivity contribution in [2.45, 2.75) is 108 Å². The first kappa shape index (κ1) is 28.8. The molecule has 1 saturated heterocycles. The summed E-state index contributed by atoms with van der Waals surface area (Å²) in [5.41, 5.74) is 0. The molecule has 2 unspecified atom stereocenters. The lowest BCUT2D eigenvalue weighted by molar-refractivity contribution is -0.144. The maximum atomic E-state index is 12.0.